The molecule has 9 heteroatoms. The van der Waals surface area contributed by atoms with Gasteiger partial charge in [-0.1, -0.05) is 11.3 Å². The van der Waals surface area contributed by atoms with Gasteiger partial charge < -0.3 is 15.4 Å². The average molecular weight is 441 g/mol. The van der Waals surface area contributed by atoms with Crippen LogP contribution in [0.25, 0.3) is 21.8 Å². The van der Waals surface area contributed by atoms with Gasteiger partial charge in [0.1, 0.15) is 5.82 Å². The van der Waals surface area contributed by atoms with Gasteiger partial charge in [0.2, 0.25) is 5.91 Å². The van der Waals surface area contributed by atoms with Crippen LogP contribution in [0.1, 0.15) is 44.5 Å². The van der Waals surface area contributed by atoms with Gasteiger partial charge in [0, 0.05) is 37.9 Å². The number of aryl methyl sites for hydroxylation is 1. The quantitative estimate of drug-likeness (QED) is 0.573. The van der Waals surface area contributed by atoms with E-state index in [0.717, 1.165) is 59.1 Å². The van der Waals surface area contributed by atoms with Crippen molar-refractivity contribution in [1.82, 2.24) is 19.7 Å². The highest BCUT2D eigenvalue weighted by molar-refractivity contribution is 7.19. The summed E-state index contributed by atoms with van der Waals surface area (Å²) in [5.41, 5.74) is 5.26. The van der Waals surface area contributed by atoms with Crippen molar-refractivity contribution in [2.75, 3.05) is 30.9 Å². The molecule has 4 rings (SSSR count). The van der Waals surface area contributed by atoms with Crippen LogP contribution in [-0.4, -0.2) is 45.9 Å². The summed E-state index contributed by atoms with van der Waals surface area (Å²) in [4.78, 5) is 21.9. The van der Waals surface area contributed by atoms with Crippen molar-refractivity contribution in [2.24, 2.45) is 0 Å². The van der Waals surface area contributed by atoms with Crippen LogP contribution in [0.15, 0.2) is 18.3 Å². The van der Waals surface area contributed by atoms with Crippen LogP contribution in [0.3, 0.4) is 0 Å². The van der Waals surface area contributed by atoms with Crippen molar-refractivity contribution >= 4 is 28.2 Å². The summed E-state index contributed by atoms with van der Waals surface area (Å²) in [6.07, 6.45) is 4.64. The van der Waals surface area contributed by atoms with Gasteiger partial charge in [-0.25, -0.2) is 9.97 Å². The van der Waals surface area contributed by atoms with Crippen LogP contribution in [-0.2, 0) is 22.4 Å². The lowest BCUT2D eigenvalue weighted by molar-refractivity contribution is -0.114. The first-order chi connectivity index (χ1) is 15.0. The van der Waals surface area contributed by atoms with Gasteiger partial charge in [0.25, 0.3) is 0 Å². The van der Waals surface area contributed by atoms with Gasteiger partial charge in [-0.3, -0.25) is 9.48 Å². The van der Waals surface area contributed by atoms with E-state index in [9.17, 15) is 4.79 Å². The first kappa shape index (κ1) is 21.5. The maximum Gasteiger partial charge on any atom is 0.223 e. The van der Waals surface area contributed by atoms with E-state index in [0.29, 0.717) is 11.7 Å². The van der Waals surface area contributed by atoms with Gasteiger partial charge in [0.15, 0.2) is 5.13 Å². The number of aromatic nitrogens is 4. The molecule has 3 aromatic heterocycles. The molecule has 0 radical (unpaired) electrons. The summed E-state index contributed by atoms with van der Waals surface area (Å²) in [6.45, 7) is 7.04. The molecule has 0 aromatic carbocycles. The fraction of sp³-hybridized carbons (Fsp3) is 0.455. The molecule has 2 N–H and O–H groups in total. The molecule has 1 unspecified atom stereocenters. The number of rotatable bonds is 7. The fourth-order valence-corrected chi connectivity index (χ4v) is 5.09. The maximum atomic E-state index is 11.6. The molecule has 0 saturated carbocycles. The highest BCUT2D eigenvalue weighted by Gasteiger charge is 2.29. The molecule has 1 aliphatic carbocycles. The molecular weight excluding hydrogens is 412 g/mol. The van der Waals surface area contributed by atoms with Gasteiger partial charge in [0.05, 0.1) is 34.6 Å². The molecule has 0 saturated heterocycles. The van der Waals surface area contributed by atoms with Crippen LogP contribution in [0.4, 0.5) is 10.9 Å². The SMILES string of the molecule is CCNc1ccc(-c2nn(C(C)COC)c3c2CCCc2nc(NC(C)=O)sc2-3)cn1. The van der Waals surface area contributed by atoms with E-state index in [4.69, 9.17) is 14.8 Å². The monoisotopic (exact) mass is 440 g/mol. The van der Waals surface area contributed by atoms with Crippen molar-refractivity contribution in [3.8, 4) is 21.8 Å². The second kappa shape index (κ2) is 9.15. The number of hydrogen-bond donors (Lipinski definition) is 2. The number of anilines is 2. The van der Waals surface area contributed by atoms with Crippen molar-refractivity contribution in [3.05, 3.63) is 29.6 Å². The maximum absolute atomic E-state index is 11.6. The Balaban J connectivity index is 1.85. The Morgan fingerprint density at radius 2 is 2.19 bits per heavy atom. The molecule has 0 bridgehead atoms. The molecule has 1 atom stereocenters. The smallest absolute Gasteiger partial charge is 0.223 e. The van der Waals surface area contributed by atoms with E-state index in [1.165, 1.54) is 23.8 Å². The number of methoxy groups -OCH3 is 1. The van der Waals surface area contributed by atoms with E-state index in [1.54, 1.807) is 7.11 Å². The van der Waals surface area contributed by atoms with Crippen molar-refractivity contribution in [3.63, 3.8) is 0 Å². The molecule has 3 aromatic rings. The predicted molar refractivity (Wildman–Crippen MR) is 124 cm³/mol. The van der Waals surface area contributed by atoms with Crippen LogP contribution >= 0.6 is 11.3 Å². The lowest BCUT2D eigenvalue weighted by atomic mass is 10.0. The summed E-state index contributed by atoms with van der Waals surface area (Å²) in [6, 6.07) is 4.12. The molecule has 164 valence electrons. The predicted octanol–water partition coefficient (Wildman–Crippen LogP) is 4.15. The standard InChI is InChI=1S/C22H28N6O2S/c1-5-23-18-10-9-15(11-24-18)19-16-7-6-8-17-21(31-22(26-17)25-14(3)29)20(16)28(27-19)13(2)12-30-4/h9-11,13H,5-8,12H2,1-4H3,(H,23,24)(H,25,26,29). The third-order valence-corrected chi connectivity index (χ3v) is 6.28. The number of hydrogen-bond acceptors (Lipinski definition) is 7. The van der Waals surface area contributed by atoms with E-state index >= 15 is 0 Å². The first-order valence-corrected chi connectivity index (χ1v) is 11.4. The van der Waals surface area contributed by atoms with Crippen LogP contribution < -0.4 is 10.6 Å². The first-order valence-electron chi connectivity index (χ1n) is 10.6. The van der Waals surface area contributed by atoms with Gasteiger partial charge in [-0.2, -0.15) is 5.10 Å². The molecule has 0 spiro atoms. The van der Waals surface area contributed by atoms with Crippen molar-refractivity contribution in [2.45, 2.75) is 46.1 Å². The number of fused-ring (bicyclic) bond motifs is 3. The molecule has 0 aliphatic heterocycles. The number of carbonyl (C=O) groups is 1. The molecule has 8 nitrogen and oxygen atoms in total. The highest BCUT2D eigenvalue weighted by Crippen LogP contribution is 2.43. The number of nitrogens with zero attached hydrogens (tertiary/aromatic N) is 4. The van der Waals surface area contributed by atoms with Gasteiger partial charge >= 0.3 is 0 Å². The molecular formula is C22H28N6O2S. The van der Waals surface area contributed by atoms with Gasteiger partial charge in [-0.05, 0) is 45.2 Å². The Morgan fingerprint density at radius 1 is 1.35 bits per heavy atom. The molecule has 1 aliphatic rings. The van der Waals surface area contributed by atoms with E-state index in [1.807, 2.05) is 12.3 Å². The number of thiazole rings is 1. The topological polar surface area (TPSA) is 94.0 Å². The minimum atomic E-state index is -0.113. The molecule has 0 fully saturated rings. The van der Waals surface area contributed by atoms with E-state index < -0.39 is 0 Å². The summed E-state index contributed by atoms with van der Waals surface area (Å²) in [5.74, 6) is 0.743. The van der Waals surface area contributed by atoms with Crippen LogP contribution in [0.5, 0.6) is 0 Å². The lowest BCUT2D eigenvalue weighted by Crippen LogP contribution is -2.14. The van der Waals surface area contributed by atoms with Crippen LogP contribution in [0.2, 0.25) is 0 Å². The Labute approximate surface area is 186 Å². The Kier molecular flexibility index (Phi) is 6.33. The molecule has 31 heavy (non-hydrogen) atoms. The fourth-order valence-electron chi connectivity index (χ4n) is 3.97. The third kappa shape index (κ3) is 4.33. The normalized spacial score (nSPS) is 13.8. The molecule has 3 heterocycles. The number of nitrogens with one attached hydrogen (secondary N) is 2. The summed E-state index contributed by atoms with van der Waals surface area (Å²) < 4.78 is 7.49. The lowest BCUT2D eigenvalue weighted by Gasteiger charge is -2.14. The second-order valence-electron chi connectivity index (χ2n) is 7.72. The average Bonchev–Trinajstić information content (AvgIpc) is 3.25. The molecule has 1 amide bonds. The third-order valence-electron chi connectivity index (χ3n) is 5.26. The minimum absolute atomic E-state index is 0.0544. The zero-order chi connectivity index (χ0) is 22.0. The van der Waals surface area contributed by atoms with E-state index in [-0.39, 0.29) is 11.9 Å². The highest BCUT2D eigenvalue weighted by atomic mass is 32.1. The van der Waals surface area contributed by atoms with Crippen LogP contribution in [0, 0.1) is 0 Å². The minimum Gasteiger partial charge on any atom is -0.382 e. The number of pyridine rings is 1. The number of amides is 1. The summed E-state index contributed by atoms with van der Waals surface area (Å²) in [5, 5.41) is 11.7. The Morgan fingerprint density at radius 3 is 2.87 bits per heavy atom. The zero-order valence-corrected chi connectivity index (χ0v) is 19.2. The van der Waals surface area contributed by atoms with Crippen molar-refractivity contribution < 1.29 is 9.53 Å². The van der Waals surface area contributed by atoms with Gasteiger partial charge in [-0.15, -0.1) is 0 Å². The second-order valence-corrected chi connectivity index (χ2v) is 8.72. The Bertz CT molecular complexity index is 1070. The van der Waals surface area contributed by atoms with Crippen molar-refractivity contribution in [1.29, 1.82) is 0 Å². The Hall–Kier alpha value is -2.78. The summed E-state index contributed by atoms with van der Waals surface area (Å²) in [7, 11) is 1.70. The zero-order valence-electron chi connectivity index (χ0n) is 18.4. The number of carbonyl (C=O) groups excluding carboxylic acids is 1. The largest absolute Gasteiger partial charge is 0.382 e. The summed E-state index contributed by atoms with van der Waals surface area (Å²) >= 11 is 1.52. The van der Waals surface area contributed by atoms with E-state index in [2.05, 4.69) is 40.2 Å². The number of ether oxygens (including phenoxy) is 1.